The van der Waals surface area contributed by atoms with E-state index in [1.807, 2.05) is 6.92 Å². The van der Waals surface area contributed by atoms with E-state index in [-0.39, 0.29) is 24.4 Å². The zero-order valence-corrected chi connectivity index (χ0v) is 11.2. The Hall–Kier alpha value is -1.62. The maximum absolute atomic E-state index is 13.9. The molecular weight excluding hydrogens is 247 g/mol. The molecule has 0 aromatic heterocycles. The van der Waals surface area contributed by atoms with Crippen LogP contribution in [0.3, 0.4) is 0 Å². The van der Waals surface area contributed by atoms with Crippen molar-refractivity contribution < 1.29 is 14.3 Å². The van der Waals surface area contributed by atoms with Crippen LogP contribution >= 0.6 is 0 Å². The summed E-state index contributed by atoms with van der Waals surface area (Å²) in [6, 6.07) is 5.72. The van der Waals surface area contributed by atoms with Crippen LogP contribution in [0.5, 0.6) is 0 Å². The van der Waals surface area contributed by atoms with Crippen LogP contribution in [-0.4, -0.2) is 48.2 Å². The Labute approximate surface area is 112 Å². The van der Waals surface area contributed by atoms with E-state index in [0.717, 1.165) is 6.42 Å². The first kappa shape index (κ1) is 13.8. The van der Waals surface area contributed by atoms with Gasteiger partial charge in [0.1, 0.15) is 11.9 Å². The van der Waals surface area contributed by atoms with E-state index in [9.17, 15) is 14.3 Å². The van der Waals surface area contributed by atoms with Crippen molar-refractivity contribution in [1.29, 1.82) is 0 Å². The molecule has 1 saturated heterocycles. The van der Waals surface area contributed by atoms with Gasteiger partial charge >= 0.3 is 0 Å². The number of rotatable bonds is 2. The molecule has 104 valence electrons. The van der Waals surface area contributed by atoms with Gasteiger partial charge in [0.25, 0.3) is 0 Å². The van der Waals surface area contributed by atoms with Crippen LogP contribution in [0.25, 0.3) is 0 Å². The van der Waals surface area contributed by atoms with Crippen molar-refractivity contribution in [2.45, 2.75) is 25.4 Å². The molecule has 1 aliphatic heterocycles. The van der Waals surface area contributed by atoms with Gasteiger partial charge in [-0.3, -0.25) is 4.79 Å². The van der Waals surface area contributed by atoms with Crippen molar-refractivity contribution >= 4 is 11.6 Å². The van der Waals surface area contributed by atoms with Gasteiger partial charge in [-0.15, -0.1) is 0 Å². The van der Waals surface area contributed by atoms with Gasteiger partial charge in [0.15, 0.2) is 0 Å². The number of para-hydroxylation sites is 1. The highest BCUT2D eigenvalue weighted by Gasteiger charge is 2.34. The molecule has 1 N–H and O–H groups in total. The van der Waals surface area contributed by atoms with E-state index in [1.54, 1.807) is 35.0 Å². The minimum absolute atomic E-state index is 0.0818. The number of hydrogen-bond donors (Lipinski definition) is 1. The van der Waals surface area contributed by atoms with Crippen molar-refractivity contribution in [2.75, 3.05) is 25.1 Å². The molecule has 0 bridgehead atoms. The number of carbonyl (C=O) groups is 1. The number of likely N-dealkylation sites (N-methyl/N-ethyl adjacent to an activating group) is 1. The van der Waals surface area contributed by atoms with Gasteiger partial charge in [-0.1, -0.05) is 12.1 Å². The number of carbonyl (C=O) groups excluding carboxylic acids is 1. The molecule has 1 heterocycles. The van der Waals surface area contributed by atoms with Crippen LogP contribution in [0.1, 0.15) is 13.3 Å². The quantitative estimate of drug-likeness (QED) is 0.876. The summed E-state index contributed by atoms with van der Waals surface area (Å²) < 4.78 is 13.9. The fraction of sp³-hybridized carbons (Fsp3) is 0.500. The molecule has 0 aliphatic carbocycles. The summed E-state index contributed by atoms with van der Waals surface area (Å²) in [5.41, 5.74) is 0.373. The van der Waals surface area contributed by atoms with Crippen LogP contribution in [0, 0.1) is 5.82 Å². The second kappa shape index (κ2) is 5.57. The molecule has 0 spiro atoms. The highest BCUT2D eigenvalue weighted by Crippen LogP contribution is 2.25. The highest BCUT2D eigenvalue weighted by atomic mass is 19.1. The predicted octanol–water partition coefficient (Wildman–Crippen LogP) is 1.24. The lowest BCUT2D eigenvalue weighted by atomic mass is 10.2. The number of amides is 1. The maximum atomic E-state index is 13.9. The summed E-state index contributed by atoms with van der Waals surface area (Å²) in [5, 5.41) is 9.50. The molecule has 2 unspecified atom stereocenters. The maximum Gasteiger partial charge on any atom is 0.247 e. The van der Waals surface area contributed by atoms with Crippen LogP contribution in [0.4, 0.5) is 10.1 Å². The summed E-state index contributed by atoms with van der Waals surface area (Å²) >= 11 is 0. The number of hydrogen-bond acceptors (Lipinski definition) is 3. The summed E-state index contributed by atoms with van der Waals surface area (Å²) in [6.45, 7) is 2.19. The Balaban J connectivity index is 2.38. The lowest BCUT2D eigenvalue weighted by Gasteiger charge is -2.30. The molecule has 1 fully saturated rings. The van der Waals surface area contributed by atoms with E-state index >= 15 is 0 Å². The summed E-state index contributed by atoms with van der Waals surface area (Å²) in [4.78, 5) is 15.6. The van der Waals surface area contributed by atoms with Gasteiger partial charge < -0.3 is 14.9 Å². The number of nitrogens with zero attached hydrogens (tertiary/aromatic N) is 2. The largest absolute Gasteiger partial charge is 0.394 e. The highest BCUT2D eigenvalue weighted by molar-refractivity contribution is 5.86. The van der Waals surface area contributed by atoms with Gasteiger partial charge in [-0.25, -0.2) is 4.39 Å². The Kier molecular flexibility index (Phi) is 4.04. The molecule has 1 aromatic rings. The second-order valence-electron chi connectivity index (χ2n) is 4.93. The average Bonchev–Trinajstić information content (AvgIpc) is 2.51. The van der Waals surface area contributed by atoms with Crippen molar-refractivity contribution in [1.82, 2.24) is 4.90 Å². The van der Waals surface area contributed by atoms with E-state index < -0.39 is 6.04 Å². The Morgan fingerprint density at radius 3 is 2.74 bits per heavy atom. The third-order valence-corrected chi connectivity index (χ3v) is 3.79. The van der Waals surface area contributed by atoms with Crippen molar-refractivity contribution in [3.63, 3.8) is 0 Å². The normalized spacial score (nSPS) is 24.5. The van der Waals surface area contributed by atoms with E-state index in [1.165, 1.54) is 6.07 Å². The standard InChI is InChI=1S/C14H19FN2O2/c1-10-7-8-17(12-6-4-3-5-11(12)15)13(9-18)14(19)16(10)2/h3-6,10,13,18H,7-9H2,1-2H3. The lowest BCUT2D eigenvalue weighted by Crippen LogP contribution is -2.48. The van der Waals surface area contributed by atoms with Crippen LogP contribution in [0.15, 0.2) is 24.3 Å². The topological polar surface area (TPSA) is 43.8 Å². The average molecular weight is 266 g/mol. The van der Waals surface area contributed by atoms with Crippen LogP contribution in [-0.2, 0) is 4.79 Å². The molecule has 4 nitrogen and oxygen atoms in total. The molecule has 0 saturated carbocycles. The van der Waals surface area contributed by atoms with Gasteiger partial charge in [0.2, 0.25) is 5.91 Å². The Morgan fingerprint density at radius 1 is 1.42 bits per heavy atom. The van der Waals surface area contributed by atoms with Crippen LogP contribution in [0.2, 0.25) is 0 Å². The second-order valence-corrected chi connectivity index (χ2v) is 4.93. The molecule has 5 heteroatoms. The molecule has 2 atom stereocenters. The number of benzene rings is 1. The number of halogens is 1. The summed E-state index contributed by atoms with van der Waals surface area (Å²) in [6.07, 6.45) is 0.743. The molecule has 1 aromatic carbocycles. The molecule has 1 amide bonds. The lowest BCUT2D eigenvalue weighted by molar-refractivity contribution is -0.133. The van der Waals surface area contributed by atoms with Gasteiger partial charge in [-0.05, 0) is 25.5 Å². The molecule has 1 aliphatic rings. The van der Waals surface area contributed by atoms with Crippen LogP contribution < -0.4 is 4.90 Å². The van der Waals surface area contributed by atoms with Crippen molar-refractivity contribution in [3.05, 3.63) is 30.1 Å². The summed E-state index contributed by atoms with van der Waals surface area (Å²) in [5.74, 6) is -0.540. The minimum atomic E-state index is -0.716. The Morgan fingerprint density at radius 2 is 2.11 bits per heavy atom. The summed E-state index contributed by atoms with van der Waals surface area (Å²) in [7, 11) is 1.72. The van der Waals surface area contributed by atoms with Crippen molar-refractivity contribution in [2.24, 2.45) is 0 Å². The number of aliphatic hydroxyl groups excluding tert-OH is 1. The third-order valence-electron chi connectivity index (χ3n) is 3.79. The number of anilines is 1. The third kappa shape index (κ3) is 2.56. The smallest absolute Gasteiger partial charge is 0.247 e. The molecular formula is C14H19FN2O2. The van der Waals surface area contributed by atoms with E-state index in [2.05, 4.69) is 0 Å². The first-order valence-corrected chi connectivity index (χ1v) is 6.45. The van der Waals surface area contributed by atoms with E-state index in [4.69, 9.17) is 0 Å². The predicted molar refractivity (Wildman–Crippen MR) is 71.5 cm³/mol. The van der Waals surface area contributed by atoms with Gasteiger partial charge in [0, 0.05) is 19.6 Å². The zero-order valence-electron chi connectivity index (χ0n) is 11.2. The fourth-order valence-electron chi connectivity index (χ4n) is 2.41. The molecule has 19 heavy (non-hydrogen) atoms. The fourth-order valence-corrected chi connectivity index (χ4v) is 2.41. The number of aliphatic hydroxyl groups is 1. The minimum Gasteiger partial charge on any atom is -0.394 e. The van der Waals surface area contributed by atoms with Gasteiger partial charge in [-0.2, -0.15) is 0 Å². The molecule has 0 radical (unpaired) electrons. The monoisotopic (exact) mass is 266 g/mol. The van der Waals surface area contributed by atoms with E-state index in [0.29, 0.717) is 12.2 Å². The zero-order chi connectivity index (χ0) is 14.0. The Bertz CT molecular complexity index is 467. The first-order chi connectivity index (χ1) is 9.06. The first-order valence-electron chi connectivity index (χ1n) is 6.45. The van der Waals surface area contributed by atoms with Gasteiger partial charge in [0.05, 0.1) is 12.3 Å². The molecule has 2 rings (SSSR count). The SMILES string of the molecule is CC1CCN(c2ccccc2F)C(CO)C(=O)N1C. The van der Waals surface area contributed by atoms with Crippen molar-refractivity contribution in [3.8, 4) is 0 Å².